The molecule has 1 aromatic carbocycles. The third-order valence-electron chi connectivity index (χ3n) is 2.08. The quantitative estimate of drug-likeness (QED) is 0.505. The third kappa shape index (κ3) is 3.33. The lowest BCUT2D eigenvalue weighted by molar-refractivity contribution is 0.548. The van der Waals surface area contributed by atoms with Gasteiger partial charge in [0.25, 0.3) is 0 Å². The van der Waals surface area contributed by atoms with Gasteiger partial charge in [0.2, 0.25) is 0 Å². The molecule has 1 rings (SSSR count). The Morgan fingerprint density at radius 1 is 1.40 bits per heavy atom. The molecule has 0 saturated heterocycles. The maximum atomic E-state index is 13.7. The Bertz CT molecular complexity index is 353. The van der Waals surface area contributed by atoms with Crippen LogP contribution in [0.2, 0.25) is 5.02 Å². The largest absolute Gasteiger partial charge is 0.205 e. The fraction of sp³-hybridized carbons (Fsp3) is 0.455. The minimum Gasteiger partial charge on any atom is -0.205 e. The summed E-state index contributed by atoms with van der Waals surface area (Å²) in [5, 5.41) is -0.225. The van der Waals surface area contributed by atoms with Gasteiger partial charge in [-0.15, -0.1) is 11.6 Å². The topological polar surface area (TPSA) is 0 Å². The molecule has 0 radical (unpaired) electrons. The molecule has 0 spiro atoms. The summed E-state index contributed by atoms with van der Waals surface area (Å²) in [6, 6.07) is 3.39. The van der Waals surface area contributed by atoms with Gasteiger partial charge in [0.05, 0.1) is 10.4 Å². The van der Waals surface area contributed by atoms with Crippen molar-refractivity contribution in [1.29, 1.82) is 0 Å². The lowest BCUT2D eigenvalue weighted by Crippen LogP contribution is -2.00. The molecule has 0 amide bonds. The molecule has 0 aliphatic heterocycles. The van der Waals surface area contributed by atoms with Crippen LogP contribution in [0.1, 0.15) is 31.2 Å². The zero-order valence-electron chi connectivity index (χ0n) is 8.53. The fourth-order valence-electron chi connectivity index (χ4n) is 1.32. The first-order valence-corrected chi connectivity index (χ1v) is 6.31. The van der Waals surface area contributed by atoms with E-state index in [4.69, 9.17) is 23.2 Å². The van der Waals surface area contributed by atoms with Crippen molar-refractivity contribution in [3.63, 3.8) is 0 Å². The van der Waals surface area contributed by atoms with Crippen LogP contribution in [0.4, 0.5) is 4.39 Å². The molecule has 0 aromatic heterocycles. The van der Waals surface area contributed by atoms with Crippen molar-refractivity contribution in [2.24, 2.45) is 5.92 Å². The first-order chi connectivity index (χ1) is 6.93. The van der Waals surface area contributed by atoms with Gasteiger partial charge in [0, 0.05) is 10.0 Å². The Morgan fingerprint density at radius 3 is 2.53 bits per heavy atom. The highest BCUT2D eigenvalue weighted by atomic mass is 79.9. The molecule has 1 atom stereocenters. The van der Waals surface area contributed by atoms with Gasteiger partial charge < -0.3 is 0 Å². The molecule has 1 aromatic rings. The summed E-state index contributed by atoms with van der Waals surface area (Å²) in [5.41, 5.74) is 0.471. The number of hydrogen-bond acceptors (Lipinski definition) is 0. The van der Waals surface area contributed by atoms with E-state index < -0.39 is 5.82 Å². The van der Waals surface area contributed by atoms with E-state index in [1.165, 1.54) is 0 Å². The second-order valence-corrected chi connectivity index (χ2v) is 5.62. The molecule has 0 heterocycles. The van der Waals surface area contributed by atoms with Gasteiger partial charge in [0.1, 0.15) is 5.82 Å². The van der Waals surface area contributed by atoms with Crippen LogP contribution in [0.25, 0.3) is 0 Å². The highest BCUT2D eigenvalue weighted by molar-refractivity contribution is 9.10. The van der Waals surface area contributed by atoms with Gasteiger partial charge in [-0.25, -0.2) is 4.39 Å². The van der Waals surface area contributed by atoms with E-state index in [0.29, 0.717) is 16.0 Å². The van der Waals surface area contributed by atoms with Crippen molar-refractivity contribution in [3.8, 4) is 0 Å². The van der Waals surface area contributed by atoms with Crippen LogP contribution in [0.15, 0.2) is 16.6 Å². The molecule has 15 heavy (non-hydrogen) atoms. The van der Waals surface area contributed by atoms with E-state index >= 15 is 0 Å². The van der Waals surface area contributed by atoms with Crippen LogP contribution in [0, 0.1) is 11.7 Å². The molecule has 0 fully saturated rings. The average molecular weight is 314 g/mol. The predicted molar refractivity (Wildman–Crippen MR) is 67.2 cm³/mol. The monoisotopic (exact) mass is 312 g/mol. The summed E-state index contributed by atoms with van der Waals surface area (Å²) in [7, 11) is 0. The van der Waals surface area contributed by atoms with Crippen molar-refractivity contribution < 1.29 is 4.39 Å². The van der Waals surface area contributed by atoms with Crippen molar-refractivity contribution >= 4 is 39.1 Å². The Balaban J connectivity index is 3.00. The molecule has 0 N–H and O–H groups in total. The summed E-state index contributed by atoms with van der Waals surface area (Å²) in [4.78, 5) is 0. The number of rotatable bonds is 3. The molecular formula is C11H12BrCl2F. The summed E-state index contributed by atoms with van der Waals surface area (Å²) < 4.78 is 14.3. The molecule has 0 nitrogen and oxygen atoms in total. The number of hydrogen-bond donors (Lipinski definition) is 0. The molecule has 0 saturated carbocycles. The molecular weight excluding hydrogens is 302 g/mol. The summed E-state index contributed by atoms with van der Waals surface area (Å²) in [5.74, 6) is 0.000939. The van der Waals surface area contributed by atoms with E-state index in [-0.39, 0.29) is 10.4 Å². The van der Waals surface area contributed by atoms with Crippen molar-refractivity contribution in [2.75, 3.05) is 0 Å². The van der Waals surface area contributed by atoms with Crippen LogP contribution >= 0.6 is 39.1 Å². The van der Waals surface area contributed by atoms with Gasteiger partial charge >= 0.3 is 0 Å². The zero-order valence-corrected chi connectivity index (χ0v) is 11.6. The van der Waals surface area contributed by atoms with Gasteiger partial charge in [-0.3, -0.25) is 0 Å². The minimum absolute atomic E-state index is 0.0990. The van der Waals surface area contributed by atoms with Gasteiger partial charge in [-0.2, -0.15) is 0 Å². The Labute approximate surface area is 108 Å². The van der Waals surface area contributed by atoms with Crippen LogP contribution in [0.3, 0.4) is 0 Å². The van der Waals surface area contributed by atoms with Crippen LogP contribution in [0.5, 0.6) is 0 Å². The van der Waals surface area contributed by atoms with E-state index in [1.807, 2.05) is 13.8 Å². The average Bonchev–Trinajstić information content (AvgIpc) is 2.13. The molecule has 84 valence electrons. The van der Waals surface area contributed by atoms with Crippen LogP contribution in [-0.2, 0) is 0 Å². The highest BCUT2D eigenvalue weighted by Gasteiger charge is 2.17. The summed E-state index contributed by atoms with van der Waals surface area (Å²) in [6.45, 7) is 4.10. The molecule has 0 aliphatic rings. The highest BCUT2D eigenvalue weighted by Crippen LogP contribution is 2.35. The van der Waals surface area contributed by atoms with Crippen LogP contribution < -0.4 is 0 Å². The summed E-state index contributed by atoms with van der Waals surface area (Å²) >= 11 is 15.1. The minimum atomic E-state index is -0.424. The molecule has 0 bridgehead atoms. The Morgan fingerprint density at radius 2 is 2.00 bits per heavy atom. The second kappa shape index (κ2) is 5.51. The molecule has 1 unspecified atom stereocenters. The SMILES string of the molecule is CC(C)CC(Cl)c1ccc(Br)c(Cl)c1F. The normalized spacial score (nSPS) is 13.3. The number of benzene rings is 1. The summed E-state index contributed by atoms with van der Waals surface area (Å²) in [6.07, 6.45) is 0.733. The van der Waals surface area contributed by atoms with E-state index in [0.717, 1.165) is 6.42 Å². The second-order valence-electron chi connectivity index (χ2n) is 3.86. The zero-order chi connectivity index (χ0) is 11.6. The Kier molecular flexibility index (Phi) is 4.88. The third-order valence-corrected chi connectivity index (χ3v) is 3.75. The first-order valence-electron chi connectivity index (χ1n) is 4.71. The van der Waals surface area contributed by atoms with Crippen molar-refractivity contribution in [2.45, 2.75) is 25.6 Å². The smallest absolute Gasteiger partial charge is 0.147 e. The molecule has 0 aliphatic carbocycles. The lowest BCUT2D eigenvalue weighted by atomic mass is 10.0. The predicted octanol–water partition coefficient (Wildman–Crippen LogP) is 5.57. The van der Waals surface area contributed by atoms with Crippen molar-refractivity contribution in [3.05, 3.63) is 33.0 Å². The van der Waals surface area contributed by atoms with E-state index in [1.54, 1.807) is 12.1 Å². The lowest BCUT2D eigenvalue weighted by Gasteiger charge is -2.14. The fourth-order valence-corrected chi connectivity index (χ4v) is 2.33. The van der Waals surface area contributed by atoms with Gasteiger partial charge in [-0.1, -0.05) is 31.5 Å². The Hall–Kier alpha value is 0.210. The van der Waals surface area contributed by atoms with Crippen molar-refractivity contribution in [1.82, 2.24) is 0 Å². The van der Waals surface area contributed by atoms with E-state index in [9.17, 15) is 4.39 Å². The number of alkyl halides is 1. The first kappa shape index (κ1) is 13.3. The van der Waals surface area contributed by atoms with Gasteiger partial charge in [-0.05, 0) is 34.3 Å². The number of halogens is 4. The van der Waals surface area contributed by atoms with Gasteiger partial charge in [0.15, 0.2) is 0 Å². The van der Waals surface area contributed by atoms with Crippen LogP contribution in [-0.4, -0.2) is 0 Å². The van der Waals surface area contributed by atoms with E-state index in [2.05, 4.69) is 15.9 Å². The maximum absolute atomic E-state index is 13.7. The molecule has 4 heteroatoms. The maximum Gasteiger partial charge on any atom is 0.147 e. The standard InChI is InChI=1S/C11H12BrCl2F/c1-6(2)5-9(13)7-3-4-8(12)10(14)11(7)15/h3-4,6,9H,5H2,1-2H3.